The molecule has 9 nitrogen and oxygen atoms in total. The predicted octanol–water partition coefficient (Wildman–Crippen LogP) is 2.75. The van der Waals surface area contributed by atoms with E-state index in [-0.39, 0.29) is 11.8 Å². The molecule has 0 saturated carbocycles. The number of carbonyl (C=O) groups excluding carboxylic acids is 2. The fourth-order valence-electron chi connectivity index (χ4n) is 3.98. The zero-order valence-electron chi connectivity index (χ0n) is 18.8. The Morgan fingerprint density at radius 1 is 1.16 bits per heavy atom. The van der Waals surface area contributed by atoms with Gasteiger partial charge in [0.1, 0.15) is 5.60 Å². The second-order valence-corrected chi connectivity index (χ2v) is 9.15. The standard InChI is InChI=1S/C23H30N6O3/c1-23(2,3)32-22(31)25-13-16-8-10-28-20(12-16)18(15-27-28)21(30)24-9-11-29-19-7-5-4-6-17(19)14-26-29/h4-7,14-16H,8-13H2,1-3H3,(H,24,30)(H,25,31). The molecule has 1 aliphatic heterocycles. The first-order valence-electron chi connectivity index (χ1n) is 11.0. The van der Waals surface area contributed by atoms with Crippen LogP contribution in [0.4, 0.5) is 4.79 Å². The molecular weight excluding hydrogens is 408 g/mol. The van der Waals surface area contributed by atoms with E-state index in [4.69, 9.17) is 4.74 Å². The van der Waals surface area contributed by atoms with Crippen molar-refractivity contribution in [2.75, 3.05) is 13.1 Å². The highest BCUT2D eigenvalue weighted by Gasteiger charge is 2.26. The SMILES string of the molecule is CC(C)(C)OC(=O)NCC1CCn2ncc(C(=O)NCCn3ncc4ccccc43)c2C1. The van der Waals surface area contributed by atoms with E-state index in [1.54, 1.807) is 6.20 Å². The number of amides is 2. The van der Waals surface area contributed by atoms with Crippen LogP contribution in [0.15, 0.2) is 36.7 Å². The van der Waals surface area contributed by atoms with Crippen molar-refractivity contribution in [1.29, 1.82) is 0 Å². The maximum Gasteiger partial charge on any atom is 0.407 e. The molecule has 170 valence electrons. The minimum absolute atomic E-state index is 0.136. The number of alkyl carbamates (subject to hydrolysis) is 1. The van der Waals surface area contributed by atoms with Crippen molar-refractivity contribution in [2.24, 2.45) is 5.92 Å². The molecule has 3 aromatic rings. The molecule has 2 aromatic heterocycles. The van der Waals surface area contributed by atoms with Crippen molar-refractivity contribution < 1.29 is 14.3 Å². The van der Waals surface area contributed by atoms with E-state index in [1.807, 2.05) is 60.6 Å². The van der Waals surface area contributed by atoms with Gasteiger partial charge in [-0.15, -0.1) is 0 Å². The Hall–Kier alpha value is -3.36. The average molecular weight is 439 g/mol. The first-order valence-corrected chi connectivity index (χ1v) is 11.0. The van der Waals surface area contributed by atoms with Crippen molar-refractivity contribution >= 4 is 22.9 Å². The van der Waals surface area contributed by atoms with Gasteiger partial charge in [-0.1, -0.05) is 18.2 Å². The quantitative estimate of drug-likeness (QED) is 0.616. The van der Waals surface area contributed by atoms with E-state index in [0.29, 0.717) is 31.6 Å². The molecule has 1 atom stereocenters. The first-order chi connectivity index (χ1) is 15.3. The molecule has 0 saturated heterocycles. The number of nitrogens with one attached hydrogen (secondary N) is 2. The predicted molar refractivity (Wildman–Crippen MR) is 120 cm³/mol. The number of aryl methyl sites for hydroxylation is 1. The van der Waals surface area contributed by atoms with Crippen molar-refractivity contribution in [2.45, 2.75) is 52.3 Å². The molecule has 0 radical (unpaired) electrons. The smallest absolute Gasteiger partial charge is 0.407 e. The minimum Gasteiger partial charge on any atom is -0.444 e. The van der Waals surface area contributed by atoms with Gasteiger partial charge in [-0.25, -0.2) is 4.79 Å². The number of rotatable bonds is 6. The third-order valence-corrected chi connectivity index (χ3v) is 5.52. The van der Waals surface area contributed by atoms with Crippen LogP contribution in [-0.2, 0) is 24.2 Å². The number of hydrogen-bond acceptors (Lipinski definition) is 5. The van der Waals surface area contributed by atoms with Gasteiger partial charge in [0.25, 0.3) is 5.91 Å². The molecular formula is C23H30N6O3. The van der Waals surface area contributed by atoms with E-state index >= 15 is 0 Å². The van der Waals surface area contributed by atoms with Gasteiger partial charge in [0.2, 0.25) is 0 Å². The van der Waals surface area contributed by atoms with Crippen LogP contribution in [0.5, 0.6) is 0 Å². The monoisotopic (exact) mass is 438 g/mol. The van der Waals surface area contributed by atoms with Crippen LogP contribution in [0.25, 0.3) is 10.9 Å². The largest absolute Gasteiger partial charge is 0.444 e. The van der Waals surface area contributed by atoms with Crippen LogP contribution in [0.1, 0.15) is 43.2 Å². The van der Waals surface area contributed by atoms with Gasteiger partial charge in [0, 0.05) is 25.0 Å². The van der Waals surface area contributed by atoms with Crippen LogP contribution in [-0.4, -0.2) is 50.3 Å². The maximum atomic E-state index is 12.8. The highest BCUT2D eigenvalue weighted by Crippen LogP contribution is 2.23. The van der Waals surface area contributed by atoms with Gasteiger partial charge in [0.15, 0.2) is 0 Å². The third kappa shape index (κ3) is 5.09. The lowest BCUT2D eigenvalue weighted by atomic mass is 9.94. The zero-order valence-corrected chi connectivity index (χ0v) is 18.8. The lowest BCUT2D eigenvalue weighted by Crippen LogP contribution is -2.37. The van der Waals surface area contributed by atoms with E-state index in [0.717, 1.165) is 29.6 Å². The number of carbonyl (C=O) groups is 2. The molecule has 1 aliphatic rings. The van der Waals surface area contributed by atoms with Gasteiger partial charge in [-0.05, 0) is 45.6 Å². The maximum absolute atomic E-state index is 12.8. The fraction of sp³-hybridized carbons (Fsp3) is 0.478. The number of para-hydroxylation sites is 1. The Labute approximate surface area is 187 Å². The number of hydrogen-bond donors (Lipinski definition) is 2. The van der Waals surface area contributed by atoms with Gasteiger partial charge in [-0.2, -0.15) is 10.2 Å². The summed E-state index contributed by atoms with van der Waals surface area (Å²) in [5.41, 5.74) is 2.03. The third-order valence-electron chi connectivity index (χ3n) is 5.52. The summed E-state index contributed by atoms with van der Waals surface area (Å²) < 4.78 is 9.09. The topological polar surface area (TPSA) is 103 Å². The van der Waals surface area contributed by atoms with Crippen molar-refractivity contribution in [3.8, 4) is 0 Å². The lowest BCUT2D eigenvalue weighted by molar-refractivity contribution is 0.0516. The summed E-state index contributed by atoms with van der Waals surface area (Å²) in [5, 5.41) is 15.7. The highest BCUT2D eigenvalue weighted by atomic mass is 16.6. The van der Waals surface area contributed by atoms with Gasteiger partial charge < -0.3 is 15.4 Å². The lowest BCUT2D eigenvalue weighted by Gasteiger charge is -2.25. The Bertz CT molecular complexity index is 1110. The van der Waals surface area contributed by atoms with Gasteiger partial charge >= 0.3 is 6.09 Å². The number of benzene rings is 1. The molecule has 1 aromatic carbocycles. The van der Waals surface area contributed by atoms with E-state index < -0.39 is 11.7 Å². The molecule has 4 rings (SSSR count). The molecule has 2 amide bonds. The number of aromatic nitrogens is 4. The van der Waals surface area contributed by atoms with Gasteiger partial charge in [-0.3, -0.25) is 14.2 Å². The summed E-state index contributed by atoms with van der Waals surface area (Å²) in [5.74, 6) is 0.0946. The first kappa shape index (κ1) is 21.9. The molecule has 0 bridgehead atoms. The van der Waals surface area contributed by atoms with Crippen molar-refractivity contribution in [1.82, 2.24) is 30.2 Å². The molecule has 9 heteroatoms. The highest BCUT2D eigenvalue weighted by molar-refractivity contribution is 5.95. The molecule has 32 heavy (non-hydrogen) atoms. The Morgan fingerprint density at radius 3 is 2.78 bits per heavy atom. The van der Waals surface area contributed by atoms with E-state index in [9.17, 15) is 9.59 Å². The van der Waals surface area contributed by atoms with E-state index in [1.165, 1.54) is 0 Å². The summed E-state index contributed by atoms with van der Waals surface area (Å²) >= 11 is 0. The van der Waals surface area contributed by atoms with Gasteiger partial charge in [0.05, 0.1) is 35.7 Å². The Balaban J connectivity index is 1.31. The van der Waals surface area contributed by atoms with Crippen LogP contribution in [0.2, 0.25) is 0 Å². The molecule has 0 aliphatic carbocycles. The summed E-state index contributed by atoms with van der Waals surface area (Å²) in [6.45, 7) is 7.81. The van der Waals surface area contributed by atoms with Crippen LogP contribution in [0, 0.1) is 5.92 Å². The average Bonchev–Trinajstić information content (AvgIpc) is 3.35. The van der Waals surface area contributed by atoms with Crippen LogP contribution < -0.4 is 10.6 Å². The zero-order chi connectivity index (χ0) is 22.7. The molecule has 1 unspecified atom stereocenters. The summed E-state index contributed by atoms with van der Waals surface area (Å²) in [6.07, 6.45) is 4.62. The molecule has 2 N–H and O–H groups in total. The number of nitrogens with zero attached hydrogens (tertiary/aromatic N) is 4. The summed E-state index contributed by atoms with van der Waals surface area (Å²) in [4.78, 5) is 24.8. The number of ether oxygens (including phenoxy) is 1. The molecule has 0 fully saturated rings. The molecule has 0 spiro atoms. The van der Waals surface area contributed by atoms with Crippen LogP contribution in [0.3, 0.4) is 0 Å². The normalized spacial score (nSPS) is 15.9. The second kappa shape index (κ2) is 9.02. The Kier molecular flexibility index (Phi) is 6.16. The van der Waals surface area contributed by atoms with E-state index in [2.05, 4.69) is 20.8 Å². The van der Waals surface area contributed by atoms with Crippen LogP contribution >= 0.6 is 0 Å². The Morgan fingerprint density at radius 2 is 1.97 bits per heavy atom. The van der Waals surface area contributed by atoms with Crippen molar-refractivity contribution in [3.05, 3.63) is 47.9 Å². The van der Waals surface area contributed by atoms with Crippen molar-refractivity contribution in [3.63, 3.8) is 0 Å². The second-order valence-electron chi connectivity index (χ2n) is 9.15. The molecule has 3 heterocycles. The summed E-state index contributed by atoms with van der Waals surface area (Å²) in [7, 11) is 0. The number of fused-ring (bicyclic) bond motifs is 2. The fourth-order valence-corrected chi connectivity index (χ4v) is 3.98. The minimum atomic E-state index is -0.525. The summed E-state index contributed by atoms with van der Waals surface area (Å²) in [6, 6.07) is 8.00.